The van der Waals surface area contributed by atoms with Crippen molar-refractivity contribution in [2.24, 2.45) is 5.92 Å². The number of aryl methyl sites for hydroxylation is 1. The van der Waals surface area contributed by atoms with E-state index in [1.165, 1.54) is 21.3 Å². The maximum atomic E-state index is 13.8. The fourth-order valence-corrected chi connectivity index (χ4v) is 7.13. The van der Waals surface area contributed by atoms with Crippen LogP contribution in [0.1, 0.15) is 34.9 Å². The monoisotopic (exact) mass is 540 g/mol. The van der Waals surface area contributed by atoms with Crippen LogP contribution in [-0.2, 0) is 21.2 Å². The molecule has 0 spiro atoms. The Morgan fingerprint density at radius 3 is 2.57 bits per heavy atom. The predicted octanol–water partition coefficient (Wildman–Crippen LogP) is 4.67. The molecule has 2 aliphatic rings. The summed E-state index contributed by atoms with van der Waals surface area (Å²) in [6.07, 6.45) is 2.73. The van der Waals surface area contributed by atoms with Crippen molar-refractivity contribution < 1.29 is 22.7 Å². The number of sulfonamides is 1. The number of fused-ring (bicyclic) bond motifs is 1. The van der Waals surface area contributed by atoms with E-state index in [9.17, 15) is 13.2 Å². The molecule has 0 saturated heterocycles. The number of hydrogen-bond donors (Lipinski definition) is 0. The molecular formula is C28H32N2O5S2. The molecule has 1 saturated carbocycles. The number of nitrogens with zero attached hydrogens (tertiary/aromatic N) is 2. The zero-order chi connectivity index (χ0) is 26.0. The van der Waals surface area contributed by atoms with Gasteiger partial charge in [0, 0.05) is 18.0 Å². The molecule has 2 heterocycles. The lowest BCUT2D eigenvalue weighted by Crippen LogP contribution is -2.48. The molecule has 5 rings (SSSR count). The van der Waals surface area contributed by atoms with Gasteiger partial charge < -0.3 is 14.4 Å². The Morgan fingerprint density at radius 2 is 1.86 bits per heavy atom. The number of benzene rings is 2. The van der Waals surface area contributed by atoms with E-state index >= 15 is 0 Å². The maximum Gasteiger partial charge on any atom is 0.243 e. The van der Waals surface area contributed by atoms with Gasteiger partial charge in [0.05, 0.1) is 24.6 Å². The zero-order valence-corrected chi connectivity index (χ0v) is 22.8. The smallest absolute Gasteiger partial charge is 0.243 e. The molecule has 9 heteroatoms. The lowest BCUT2D eigenvalue weighted by molar-refractivity contribution is -0.135. The summed E-state index contributed by atoms with van der Waals surface area (Å²) in [5, 5.41) is 2.05. The average Bonchev–Trinajstić information content (AvgIpc) is 3.60. The summed E-state index contributed by atoms with van der Waals surface area (Å²) in [4.78, 5) is 17.0. The minimum absolute atomic E-state index is 0.167. The number of ether oxygens (including phenoxy) is 2. The Kier molecular flexibility index (Phi) is 7.55. The number of para-hydroxylation sites is 1. The molecule has 1 fully saturated rings. The first-order valence-electron chi connectivity index (χ1n) is 12.5. The Morgan fingerprint density at radius 1 is 1.11 bits per heavy atom. The molecule has 7 nitrogen and oxygen atoms in total. The van der Waals surface area contributed by atoms with Gasteiger partial charge in [-0.3, -0.25) is 4.79 Å². The number of carbonyl (C=O) groups is 1. The molecule has 0 unspecified atom stereocenters. The summed E-state index contributed by atoms with van der Waals surface area (Å²) in [7, 11) is -2.30. The van der Waals surface area contributed by atoms with Crippen LogP contribution in [0, 0.1) is 12.8 Å². The van der Waals surface area contributed by atoms with Gasteiger partial charge >= 0.3 is 0 Å². The van der Waals surface area contributed by atoms with Crippen LogP contribution < -0.4 is 9.47 Å². The summed E-state index contributed by atoms with van der Waals surface area (Å²) in [6.45, 7) is 3.00. The lowest BCUT2D eigenvalue weighted by Gasteiger charge is -2.37. The van der Waals surface area contributed by atoms with E-state index < -0.39 is 10.0 Å². The Bertz CT molecular complexity index is 1350. The third-order valence-corrected chi connectivity index (χ3v) is 9.90. The standard InChI is InChI=1S/C28H32N2O5S2/c1-20-5-3-4-6-26(20)35-19-25-24-14-16-36-27(24)13-15-30(25)28(31)18-29(17-21-7-8-21)37(32,33)23-11-9-22(34-2)10-12-23/h3-6,9-12,14,16,21,25H,7-8,13,15,17-19H2,1-2H3/t25-/m0/s1. The molecule has 1 aliphatic carbocycles. The van der Waals surface area contributed by atoms with Crippen molar-refractivity contribution in [1.82, 2.24) is 9.21 Å². The molecular weight excluding hydrogens is 508 g/mol. The molecule has 1 amide bonds. The molecule has 0 N–H and O–H groups in total. The highest BCUT2D eigenvalue weighted by Crippen LogP contribution is 2.35. The molecule has 2 aromatic carbocycles. The average molecular weight is 541 g/mol. The van der Waals surface area contributed by atoms with Crippen LogP contribution in [0.2, 0.25) is 0 Å². The summed E-state index contributed by atoms with van der Waals surface area (Å²) < 4.78 is 39.9. The van der Waals surface area contributed by atoms with Crippen molar-refractivity contribution in [1.29, 1.82) is 0 Å². The fraction of sp³-hybridized carbons (Fsp3) is 0.393. The van der Waals surface area contributed by atoms with Crippen molar-refractivity contribution in [2.75, 3.05) is 33.4 Å². The van der Waals surface area contributed by atoms with E-state index in [1.807, 2.05) is 36.6 Å². The maximum absolute atomic E-state index is 13.8. The van der Waals surface area contributed by atoms with Gasteiger partial charge in [-0.25, -0.2) is 8.42 Å². The van der Waals surface area contributed by atoms with E-state index in [-0.39, 0.29) is 23.4 Å². The Hall–Kier alpha value is -2.88. The van der Waals surface area contributed by atoms with Crippen LogP contribution in [0.4, 0.5) is 0 Å². The van der Waals surface area contributed by atoms with Gasteiger partial charge in [0.1, 0.15) is 18.1 Å². The Labute approximate surface area is 222 Å². The number of amides is 1. The minimum Gasteiger partial charge on any atom is -0.497 e. The van der Waals surface area contributed by atoms with Crippen LogP contribution in [0.15, 0.2) is 64.9 Å². The van der Waals surface area contributed by atoms with Crippen LogP contribution in [-0.4, -0.2) is 56.9 Å². The molecule has 1 aromatic heterocycles. The summed E-state index contributed by atoms with van der Waals surface area (Å²) in [6, 6.07) is 15.9. The molecule has 37 heavy (non-hydrogen) atoms. The van der Waals surface area contributed by atoms with Crippen LogP contribution in [0.25, 0.3) is 0 Å². The third-order valence-electron chi connectivity index (χ3n) is 7.07. The highest BCUT2D eigenvalue weighted by Gasteiger charge is 2.37. The largest absolute Gasteiger partial charge is 0.497 e. The van der Waals surface area contributed by atoms with Crippen molar-refractivity contribution in [3.05, 3.63) is 76.0 Å². The molecule has 1 atom stereocenters. The second-order valence-electron chi connectivity index (χ2n) is 9.65. The first-order valence-corrected chi connectivity index (χ1v) is 14.9. The zero-order valence-electron chi connectivity index (χ0n) is 21.1. The topological polar surface area (TPSA) is 76.2 Å². The number of carbonyl (C=O) groups excluding carboxylic acids is 1. The number of rotatable bonds is 10. The summed E-state index contributed by atoms with van der Waals surface area (Å²) in [5.41, 5.74) is 2.12. The van der Waals surface area contributed by atoms with E-state index in [1.54, 1.807) is 35.5 Å². The summed E-state index contributed by atoms with van der Waals surface area (Å²) in [5.74, 6) is 1.47. The highest BCUT2D eigenvalue weighted by atomic mass is 32.2. The van der Waals surface area contributed by atoms with Crippen molar-refractivity contribution >= 4 is 27.3 Å². The van der Waals surface area contributed by atoms with Gasteiger partial charge in [0.2, 0.25) is 15.9 Å². The first kappa shape index (κ1) is 25.8. The SMILES string of the molecule is COc1ccc(S(=O)(=O)N(CC(=O)N2CCc3sccc3[C@@H]2COc2ccccc2C)CC2CC2)cc1. The predicted molar refractivity (Wildman–Crippen MR) is 144 cm³/mol. The normalized spacial score (nSPS) is 17.5. The quantitative estimate of drug-likeness (QED) is 0.374. The molecule has 0 radical (unpaired) electrons. The molecule has 196 valence electrons. The first-order chi connectivity index (χ1) is 17.9. The van der Waals surface area contributed by atoms with E-state index in [4.69, 9.17) is 9.47 Å². The molecule has 3 aromatic rings. The lowest BCUT2D eigenvalue weighted by atomic mass is 10.0. The minimum atomic E-state index is -3.84. The second-order valence-corrected chi connectivity index (χ2v) is 12.6. The number of hydrogen-bond acceptors (Lipinski definition) is 6. The van der Waals surface area contributed by atoms with Crippen molar-refractivity contribution in [3.8, 4) is 11.5 Å². The van der Waals surface area contributed by atoms with E-state index in [0.29, 0.717) is 31.4 Å². The fourth-order valence-electron chi connectivity index (χ4n) is 4.74. The van der Waals surface area contributed by atoms with Gasteiger partial charge in [-0.15, -0.1) is 11.3 Å². The van der Waals surface area contributed by atoms with Gasteiger partial charge in [-0.05, 0) is 85.0 Å². The van der Waals surface area contributed by atoms with E-state index in [0.717, 1.165) is 36.1 Å². The van der Waals surface area contributed by atoms with Crippen LogP contribution in [0.5, 0.6) is 11.5 Å². The van der Waals surface area contributed by atoms with Crippen molar-refractivity contribution in [3.63, 3.8) is 0 Å². The number of methoxy groups -OCH3 is 1. The second kappa shape index (κ2) is 10.8. The van der Waals surface area contributed by atoms with Gasteiger partial charge in [-0.2, -0.15) is 4.31 Å². The molecule has 0 bridgehead atoms. The van der Waals surface area contributed by atoms with Gasteiger partial charge in [-0.1, -0.05) is 18.2 Å². The molecule has 1 aliphatic heterocycles. The van der Waals surface area contributed by atoms with Crippen LogP contribution >= 0.6 is 11.3 Å². The summed E-state index contributed by atoms with van der Waals surface area (Å²) >= 11 is 1.69. The highest BCUT2D eigenvalue weighted by molar-refractivity contribution is 7.89. The Balaban J connectivity index is 1.37. The van der Waals surface area contributed by atoms with E-state index in [2.05, 4.69) is 6.07 Å². The van der Waals surface area contributed by atoms with Gasteiger partial charge in [0.15, 0.2) is 0 Å². The van der Waals surface area contributed by atoms with Crippen molar-refractivity contribution in [2.45, 2.75) is 37.1 Å². The third kappa shape index (κ3) is 5.68. The van der Waals surface area contributed by atoms with Gasteiger partial charge in [0.25, 0.3) is 0 Å². The number of thiophene rings is 1. The van der Waals surface area contributed by atoms with Crippen LogP contribution in [0.3, 0.4) is 0 Å².